The fourth-order valence-electron chi connectivity index (χ4n) is 2.04. The summed E-state index contributed by atoms with van der Waals surface area (Å²) in [5, 5.41) is 15.3. The summed E-state index contributed by atoms with van der Waals surface area (Å²) in [5.41, 5.74) is 0.215. The van der Waals surface area contributed by atoms with Crippen molar-refractivity contribution in [1.82, 2.24) is 5.32 Å². The van der Waals surface area contributed by atoms with Crippen LogP contribution in [-0.2, 0) is 9.59 Å². The Balaban J connectivity index is 1.59. The number of amides is 3. The van der Waals surface area contributed by atoms with Crippen molar-refractivity contribution in [3.05, 3.63) is 51.7 Å². The van der Waals surface area contributed by atoms with Gasteiger partial charge in [0.05, 0.1) is 10.6 Å². The van der Waals surface area contributed by atoms with E-state index in [1.54, 1.807) is 41.8 Å². The zero-order chi connectivity index (χ0) is 20.1. The van der Waals surface area contributed by atoms with E-state index in [4.69, 9.17) is 17.0 Å². The Morgan fingerprint density at radius 2 is 2.04 bits per heavy atom. The molecule has 0 aliphatic carbocycles. The molecule has 0 spiro atoms. The molecule has 142 valence electrons. The van der Waals surface area contributed by atoms with Gasteiger partial charge in [-0.3, -0.25) is 25.1 Å². The van der Waals surface area contributed by atoms with Gasteiger partial charge in [-0.15, -0.1) is 11.3 Å². The molecule has 1 aliphatic rings. The lowest BCUT2D eigenvalue weighted by molar-refractivity contribution is -0.114. The average Bonchev–Trinajstić information content (AvgIpc) is 3.20. The van der Waals surface area contributed by atoms with Crippen molar-refractivity contribution >= 4 is 74.8 Å². The molecule has 3 amide bonds. The number of thiophene rings is 1. The van der Waals surface area contributed by atoms with Crippen LogP contribution in [0.15, 0.2) is 51.8 Å². The third-order valence-electron chi connectivity index (χ3n) is 3.29. The van der Waals surface area contributed by atoms with Gasteiger partial charge in [0.1, 0.15) is 0 Å². The van der Waals surface area contributed by atoms with E-state index >= 15 is 0 Å². The molecule has 0 fully saturated rings. The van der Waals surface area contributed by atoms with E-state index < -0.39 is 17.6 Å². The number of carbonyl (C=O) groups is 3. The lowest BCUT2D eigenvalue weighted by atomic mass is 10.3. The molecule has 0 unspecified atom stereocenters. The maximum Gasteiger partial charge on any atom is 0.287 e. The Labute approximate surface area is 172 Å². The van der Waals surface area contributed by atoms with Crippen LogP contribution < -0.4 is 10.6 Å². The maximum atomic E-state index is 12.1. The van der Waals surface area contributed by atoms with Gasteiger partial charge < -0.3 is 5.32 Å². The SMILES string of the molecule is N=C1N=C(SCC(=O)Nc2ccc(Cl)cc2)NC(=O)C1=NC(=O)c1cccs1. The van der Waals surface area contributed by atoms with Crippen LogP contribution in [0.5, 0.6) is 0 Å². The zero-order valence-electron chi connectivity index (χ0n) is 14.1. The van der Waals surface area contributed by atoms with E-state index in [2.05, 4.69) is 20.6 Å². The molecule has 2 aromatic rings. The highest BCUT2D eigenvalue weighted by atomic mass is 35.5. The molecule has 0 saturated carbocycles. The highest BCUT2D eigenvalue weighted by Gasteiger charge is 2.26. The lowest BCUT2D eigenvalue weighted by Crippen LogP contribution is -2.43. The summed E-state index contributed by atoms with van der Waals surface area (Å²) < 4.78 is 0. The summed E-state index contributed by atoms with van der Waals surface area (Å²) in [5.74, 6) is -2.11. The van der Waals surface area contributed by atoms with Gasteiger partial charge in [-0.05, 0) is 35.7 Å². The molecular weight excluding hydrogens is 422 g/mol. The first-order valence-electron chi connectivity index (χ1n) is 7.76. The van der Waals surface area contributed by atoms with Gasteiger partial charge in [0.15, 0.2) is 16.7 Å². The summed E-state index contributed by atoms with van der Waals surface area (Å²) in [7, 11) is 0. The maximum absolute atomic E-state index is 12.1. The molecule has 11 heteroatoms. The average molecular weight is 434 g/mol. The van der Waals surface area contributed by atoms with Crippen molar-refractivity contribution in [2.45, 2.75) is 0 Å². The molecule has 0 bridgehead atoms. The molecule has 0 atom stereocenters. The van der Waals surface area contributed by atoms with E-state index in [-0.39, 0.29) is 22.5 Å². The van der Waals surface area contributed by atoms with Crippen LogP contribution in [-0.4, -0.2) is 40.2 Å². The van der Waals surface area contributed by atoms with Crippen LogP contribution >= 0.6 is 34.7 Å². The number of thioether (sulfide) groups is 1. The number of amidine groups is 2. The Kier molecular flexibility index (Phi) is 6.34. The summed E-state index contributed by atoms with van der Waals surface area (Å²) in [4.78, 5) is 44.1. The zero-order valence-corrected chi connectivity index (χ0v) is 16.5. The summed E-state index contributed by atoms with van der Waals surface area (Å²) in [6.45, 7) is 0. The fourth-order valence-corrected chi connectivity index (χ4v) is 3.43. The predicted octanol–water partition coefficient (Wildman–Crippen LogP) is 2.82. The lowest BCUT2D eigenvalue weighted by Gasteiger charge is -2.14. The van der Waals surface area contributed by atoms with Gasteiger partial charge in [-0.1, -0.05) is 29.4 Å². The van der Waals surface area contributed by atoms with Crippen molar-refractivity contribution in [2.75, 3.05) is 11.1 Å². The van der Waals surface area contributed by atoms with Gasteiger partial charge in [0.2, 0.25) is 5.91 Å². The number of nitrogens with one attached hydrogen (secondary N) is 3. The van der Waals surface area contributed by atoms with Crippen molar-refractivity contribution < 1.29 is 14.4 Å². The number of hydrogen-bond donors (Lipinski definition) is 3. The molecular formula is C17H12ClN5O3S2. The van der Waals surface area contributed by atoms with Crippen LogP contribution in [0, 0.1) is 5.41 Å². The largest absolute Gasteiger partial charge is 0.325 e. The van der Waals surface area contributed by atoms with Gasteiger partial charge in [-0.25, -0.2) is 4.99 Å². The van der Waals surface area contributed by atoms with Gasteiger partial charge in [-0.2, -0.15) is 4.99 Å². The Bertz CT molecular complexity index is 1000. The standard InChI is InChI=1S/C17H12ClN5O3S2/c18-9-3-5-10(6-4-9)20-12(24)8-28-17-22-14(19)13(16(26)23-17)21-15(25)11-2-1-7-27-11/h1-7H,8H2,(H,20,24)(H2,19,22,23,26). The second kappa shape index (κ2) is 8.91. The molecule has 1 aromatic heterocycles. The number of carbonyl (C=O) groups excluding carboxylic acids is 3. The van der Waals surface area contributed by atoms with Gasteiger partial charge in [0, 0.05) is 10.7 Å². The second-order valence-corrected chi connectivity index (χ2v) is 7.65. The first kappa shape index (κ1) is 19.9. The molecule has 3 rings (SSSR count). The number of benzene rings is 1. The molecule has 2 heterocycles. The number of aliphatic imine (C=N–C) groups is 2. The van der Waals surface area contributed by atoms with Crippen LogP contribution in [0.2, 0.25) is 5.02 Å². The summed E-state index contributed by atoms with van der Waals surface area (Å²) in [6.07, 6.45) is 0. The molecule has 1 aromatic carbocycles. The first-order chi connectivity index (χ1) is 13.4. The van der Waals surface area contributed by atoms with Crippen molar-refractivity contribution in [1.29, 1.82) is 5.41 Å². The quantitative estimate of drug-likeness (QED) is 0.685. The number of halogens is 1. The number of hydrogen-bond acceptors (Lipinski definition) is 6. The predicted molar refractivity (Wildman–Crippen MR) is 112 cm³/mol. The summed E-state index contributed by atoms with van der Waals surface area (Å²) >= 11 is 7.93. The number of anilines is 1. The minimum absolute atomic E-state index is 0.0321. The highest BCUT2D eigenvalue weighted by Crippen LogP contribution is 2.15. The Hall–Kier alpha value is -2.82. The van der Waals surface area contributed by atoms with E-state index in [9.17, 15) is 14.4 Å². The van der Waals surface area contributed by atoms with Crippen LogP contribution in [0.3, 0.4) is 0 Å². The van der Waals surface area contributed by atoms with Crippen molar-refractivity contribution in [3.8, 4) is 0 Å². The van der Waals surface area contributed by atoms with Gasteiger partial charge >= 0.3 is 0 Å². The second-order valence-electron chi connectivity index (χ2n) is 5.31. The molecule has 28 heavy (non-hydrogen) atoms. The normalized spacial score (nSPS) is 15.2. The minimum Gasteiger partial charge on any atom is -0.325 e. The molecule has 1 aliphatic heterocycles. The van der Waals surface area contributed by atoms with Crippen molar-refractivity contribution in [3.63, 3.8) is 0 Å². The van der Waals surface area contributed by atoms with E-state index in [0.717, 1.165) is 11.8 Å². The monoisotopic (exact) mass is 433 g/mol. The summed E-state index contributed by atoms with van der Waals surface area (Å²) in [6, 6.07) is 9.88. The van der Waals surface area contributed by atoms with Crippen molar-refractivity contribution in [2.24, 2.45) is 9.98 Å². The van der Waals surface area contributed by atoms with E-state index in [1.165, 1.54) is 11.3 Å². The van der Waals surface area contributed by atoms with E-state index in [0.29, 0.717) is 15.6 Å². The van der Waals surface area contributed by atoms with Crippen LogP contribution in [0.25, 0.3) is 0 Å². The Morgan fingerprint density at radius 1 is 1.29 bits per heavy atom. The molecule has 3 N–H and O–H groups in total. The Morgan fingerprint density at radius 3 is 2.68 bits per heavy atom. The molecule has 0 saturated heterocycles. The highest BCUT2D eigenvalue weighted by molar-refractivity contribution is 8.14. The minimum atomic E-state index is -0.717. The first-order valence-corrected chi connectivity index (χ1v) is 10.0. The van der Waals surface area contributed by atoms with E-state index in [1.807, 2.05) is 0 Å². The number of rotatable bonds is 4. The molecule has 0 radical (unpaired) electrons. The smallest absolute Gasteiger partial charge is 0.287 e. The fraction of sp³-hybridized carbons (Fsp3) is 0.0588. The van der Waals surface area contributed by atoms with Gasteiger partial charge in [0.25, 0.3) is 11.8 Å². The van der Waals surface area contributed by atoms with Crippen LogP contribution in [0.1, 0.15) is 9.67 Å². The van der Waals surface area contributed by atoms with Crippen LogP contribution in [0.4, 0.5) is 5.69 Å². The third kappa shape index (κ3) is 5.12. The third-order valence-corrected chi connectivity index (χ3v) is 5.27. The topological polar surface area (TPSA) is 124 Å². The number of nitrogens with zero attached hydrogens (tertiary/aromatic N) is 2. The molecule has 8 nitrogen and oxygen atoms in total.